The van der Waals surface area contributed by atoms with Crippen molar-refractivity contribution in [1.29, 1.82) is 0 Å². The number of rotatable bonds is 5. The molecule has 0 amide bonds. The second kappa shape index (κ2) is 6.82. The van der Waals surface area contributed by atoms with Gasteiger partial charge in [-0.25, -0.2) is 4.79 Å². The first-order chi connectivity index (χ1) is 7.33. The second-order valence-electron chi connectivity index (χ2n) is 3.18. The quantitative estimate of drug-likeness (QED) is 0.417. The van der Waals surface area contributed by atoms with E-state index in [4.69, 9.17) is 4.74 Å². The van der Waals surface area contributed by atoms with Gasteiger partial charge in [-0.15, -0.1) is 0 Å². The number of hydrogen-bond acceptors (Lipinski definition) is 2. The highest BCUT2D eigenvalue weighted by atomic mass is 16.5. The molecule has 79 valence electrons. The Morgan fingerprint density at radius 2 is 2.20 bits per heavy atom. The molecule has 2 nitrogen and oxygen atoms in total. The van der Waals surface area contributed by atoms with Crippen molar-refractivity contribution in [3.63, 3.8) is 0 Å². The molecule has 0 heterocycles. The molecule has 1 rings (SSSR count). The molecule has 0 saturated heterocycles. The van der Waals surface area contributed by atoms with E-state index in [1.165, 1.54) is 11.6 Å². The molecule has 0 spiro atoms. The molecular weight excluding hydrogens is 188 g/mol. The Bertz CT molecular complexity index is 315. The SMILES string of the molecule is CC=CC(=O)OCCCc1cc[c]cc1. The van der Waals surface area contributed by atoms with Crippen molar-refractivity contribution in [2.45, 2.75) is 19.8 Å². The number of esters is 1. The Kier molecular flexibility index (Phi) is 5.23. The zero-order chi connectivity index (χ0) is 10.9. The molecule has 0 bridgehead atoms. The predicted molar refractivity (Wildman–Crippen MR) is 59.4 cm³/mol. The van der Waals surface area contributed by atoms with Gasteiger partial charge >= 0.3 is 5.97 Å². The molecule has 0 aliphatic carbocycles. The molecule has 0 N–H and O–H groups in total. The van der Waals surface area contributed by atoms with Gasteiger partial charge in [0.25, 0.3) is 0 Å². The summed E-state index contributed by atoms with van der Waals surface area (Å²) in [7, 11) is 0. The first kappa shape index (κ1) is 11.5. The third-order valence-electron chi connectivity index (χ3n) is 1.94. The van der Waals surface area contributed by atoms with Gasteiger partial charge in [0.15, 0.2) is 0 Å². The highest BCUT2D eigenvalue weighted by molar-refractivity contribution is 5.81. The van der Waals surface area contributed by atoms with Gasteiger partial charge in [-0.1, -0.05) is 30.3 Å². The van der Waals surface area contributed by atoms with Gasteiger partial charge in [-0.2, -0.15) is 0 Å². The van der Waals surface area contributed by atoms with E-state index in [-0.39, 0.29) is 5.97 Å². The summed E-state index contributed by atoms with van der Waals surface area (Å²) in [6.45, 7) is 2.27. The molecule has 0 saturated carbocycles. The smallest absolute Gasteiger partial charge is 0.330 e. The van der Waals surface area contributed by atoms with E-state index in [1.807, 2.05) is 24.3 Å². The summed E-state index contributed by atoms with van der Waals surface area (Å²) in [5, 5.41) is 0. The van der Waals surface area contributed by atoms with Crippen molar-refractivity contribution in [3.05, 3.63) is 48.0 Å². The van der Waals surface area contributed by atoms with Gasteiger partial charge in [0.1, 0.15) is 0 Å². The van der Waals surface area contributed by atoms with Crippen LogP contribution in [-0.4, -0.2) is 12.6 Å². The van der Waals surface area contributed by atoms with Crippen molar-refractivity contribution in [2.24, 2.45) is 0 Å². The number of allylic oxidation sites excluding steroid dienone is 1. The fraction of sp³-hybridized carbons (Fsp3) is 0.308. The standard InChI is InChI=1S/C13H15O2/c1-2-7-13(14)15-11-6-10-12-8-4-3-5-9-12/h2,4-5,7-9H,6,10-11H2,1H3. The summed E-state index contributed by atoms with van der Waals surface area (Å²) in [6.07, 6.45) is 4.89. The summed E-state index contributed by atoms with van der Waals surface area (Å²) < 4.78 is 4.97. The van der Waals surface area contributed by atoms with Gasteiger partial charge in [0.2, 0.25) is 0 Å². The number of ether oxygens (including phenoxy) is 1. The zero-order valence-electron chi connectivity index (χ0n) is 8.90. The number of aryl methyl sites for hydroxylation is 1. The lowest BCUT2D eigenvalue weighted by Crippen LogP contribution is -2.03. The van der Waals surface area contributed by atoms with Crippen molar-refractivity contribution in [3.8, 4) is 0 Å². The van der Waals surface area contributed by atoms with Gasteiger partial charge in [0.05, 0.1) is 6.61 Å². The van der Waals surface area contributed by atoms with Crippen LogP contribution in [0.15, 0.2) is 36.4 Å². The molecular formula is C13H15O2. The fourth-order valence-electron chi connectivity index (χ4n) is 1.22. The summed E-state index contributed by atoms with van der Waals surface area (Å²) >= 11 is 0. The van der Waals surface area contributed by atoms with Crippen molar-refractivity contribution in [2.75, 3.05) is 6.61 Å². The molecule has 0 aliphatic rings. The van der Waals surface area contributed by atoms with E-state index in [1.54, 1.807) is 13.0 Å². The monoisotopic (exact) mass is 203 g/mol. The summed E-state index contributed by atoms with van der Waals surface area (Å²) in [5.74, 6) is -0.265. The van der Waals surface area contributed by atoms with E-state index in [2.05, 4.69) is 6.07 Å². The van der Waals surface area contributed by atoms with E-state index in [9.17, 15) is 4.79 Å². The zero-order valence-corrected chi connectivity index (χ0v) is 8.90. The molecule has 15 heavy (non-hydrogen) atoms. The molecule has 1 aromatic carbocycles. The van der Waals surface area contributed by atoms with Crippen LogP contribution in [0.5, 0.6) is 0 Å². The van der Waals surface area contributed by atoms with Crippen LogP contribution in [0.2, 0.25) is 0 Å². The lowest BCUT2D eigenvalue weighted by Gasteiger charge is -2.02. The number of carbonyl (C=O) groups excluding carboxylic acids is 1. The minimum Gasteiger partial charge on any atom is -0.463 e. The largest absolute Gasteiger partial charge is 0.463 e. The maximum absolute atomic E-state index is 10.9. The number of carbonyl (C=O) groups is 1. The van der Waals surface area contributed by atoms with Crippen molar-refractivity contribution >= 4 is 5.97 Å². The van der Waals surface area contributed by atoms with Crippen LogP contribution >= 0.6 is 0 Å². The van der Waals surface area contributed by atoms with Crippen LogP contribution in [0.25, 0.3) is 0 Å². The van der Waals surface area contributed by atoms with Crippen LogP contribution in [0.3, 0.4) is 0 Å². The van der Waals surface area contributed by atoms with E-state index in [0.29, 0.717) is 6.61 Å². The minimum absolute atomic E-state index is 0.265. The van der Waals surface area contributed by atoms with Crippen molar-refractivity contribution < 1.29 is 9.53 Å². The Hall–Kier alpha value is -1.57. The molecule has 0 aromatic heterocycles. The second-order valence-corrected chi connectivity index (χ2v) is 3.18. The molecule has 2 heteroatoms. The van der Waals surface area contributed by atoms with Gasteiger partial charge in [-0.3, -0.25) is 0 Å². The normalized spacial score (nSPS) is 10.5. The Balaban J connectivity index is 2.15. The van der Waals surface area contributed by atoms with E-state index in [0.717, 1.165) is 12.8 Å². The first-order valence-corrected chi connectivity index (χ1v) is 5.07. The molecule has 0 aliphatic heterocycles. The van der Waals surface area contributed by atoms with Crippen molar-refractivity contribution in [1.82, 2.24) is 0 Å². The fourth-order valence-corrected chi connectivity index (χ4v) is 1.22. The minimum atomic E-state index is -0.265. The van der Waals surface area contributed by atoms with Crippen LogP contribution in [0, 0.1) is 6.07 Å². The average molecular weight is 203 g/mol. The molecule has 0 fully saturated rings. The lowest BCUT2D eigenvalue weighted by atomic mass is 10.1. The highest BCUT2D eigenvalue weighted by Crippen LogP contribution is 2.02. The Morgan fingerprint density at radius 1 is 1.47 bits per heavy atom. The Morgan fingerprint density at radius 3 is 2.87 bits per heavy atom. The van der Waals surface area contributed by atoms with Crippen LogP contribution in [0.1, 0.15) is 18.9 Å². The summed E-state index contributed by atoms with van der Waals surface area (Å²) in [5.41, 5.74) is 1.25. The highest BCUT2D eigenvalue weighted by Gasteiger charge is 1.96. The average Bonchev–Trinajstić information content (AvgIpc) is 2.26. The third kappa shape index (κ3) is 5.01. The predicted octanol–water partition coefficient (Wildman–Crippen LogP) is 2.54. The first-order valence-electron chi connectivity index (χ1n) is 5.07. The lowest BCUT2D eigenvalue weighted by molar-refractivity contribution is -0.137. The van der Waals surface area contributed by atoms with Gasteiger partial charge < -0.3 is 4.74 Å². The van der Waals surface area contributed by atoms with Crippen LogP contribution < -0.4 is 0 Å². The Labute approximate surface area is 90.6 Å². The molecule has 0 atom stereocenters. The van der Waals surface area contributed by atoms with Gasteiger partial charge in [-0.05, 0) is 31.4 Å². The maximum Gasteiger partial charge on any atom is 0.330 e. The van der Waals surface area contributed by atoms with E-state index < -0.39 is 0 Å². The van der Waals surface area contributed by atoms with Crippen LogP contribution in [-0.2, 0) is 16.0 Å². The third-order valence-corrected chi connectivity index (χ3v) is 1.94. The topological polar surface area (TPSA) is 26.3 Å². The molecule has 1 radical (unpaired) electrons. The molecule has 0 unspecified atom stereocenters. The van der Waals surface area contributed by atoms with Gasteiger partial charge in [0, 0.05) is 6.08 Å². The number of benzene rings is 1. The summed E-state index contributed by atoms with van der Waals surface area (Å²) in [4.78, 5) is 10.9. The summed E-state index contributed by atoms with van der Waals surface area (Å²) in [6, 6.07) is 10.8. The van der Waals surface area contributed by atoms with E-state index >= 15 is 0 Å². The van der Waals surface area contributed by atoms with Crippen LogP contribution in [0.4, 0.5) is 0 Å². The number of hydrogen-bond donors (Lipinski definition) is 0. The molecule has 1 aromatic rings. The maximum atomic E-state index is 10.9.